The van der Waals surface area contributed by atoms with Crippen molar-refractivity contribution in [3.8, 4) is 0 Å². The standard InChI is InChI=1S/C14H28N3.ClH/c1-5-6-7-16-8-9-17(12-16)11-14(15-4)10-13(2)3;/h8-9,12-15H,5-7,10-11H2,1-4H3;1H/q+1;/p-1/t14-;/m0./s1. The van der Waals surface area contributed by atoms with Gasteiger partial charge in [0, 0.05) is 6.04 Å². The maximum atomic E-state index is 3.40. The highest BCUT2D eigenvalue weighted by molar-refractivity contribution is 4.68. The third kappa shape index (κ3) is 6.41. The zero-order chi connectivity index (χ0) is 12.7. The molecule has 4 heteroatoms. The Kier molecular flexibility index (Phi) is 9.12. The Morgan fingerprint density at radius 2 is 2.06 bits per heavy atom. The molecule has 1 N–H and O–H groups in total. The minimum atomic E-state index is 0. The lowest BCUT2D eigenvalue weighted by atomic mass is 10.0. The fourth-order valence-corrected chi connectivity index (χ4v) is 2.13. The number of aromatic nitrogens is 2. The van der Waals surface area contributed by atoms with Crippen LogP contribution in [0.5, 0.6) is 0 Å². The van der Waals surface area contributed by atoms with Gasteiger partial charge in [0.15, 0.2) is 0 Å². The van der Waals surface area contributed by atoms with Crippen LogP contribution in [0, 0.1) is 5.92 Å². The van der Waals surface area contributed by atoms with E-state index in [4.69, 9.17) is 0 Å². The van der Waals surface area contributed by atoms with Crippen LogP contribution in [0.25, 0.3) is 0 Å². The van der Waals surface area contributed by atoms with Crippen LogP contribution in [0.4, 0.5) is 0 Å². The highest BCUT2D eigenvalue weighted by Crippen LogP contribution is 2.04. The molecule has 0 bridgehead atoms. The lowest BCUT2D eigenvalue weighted by Gasteiger charge is -2.15. The summed E-state index contributed by atoms with van der Waals surface area (Å²) in [6, 6.07) is 0.571. The molecule has 0 fully saturated rings. The average molecular weight is 274 g/mol. The van der Waals surface area contributed by atoms with Gasteiger partial charge in [-0.3, -0.25) is 0 Å². The molecule has 0 aliphatic heterocycles. The summed E-state index contributed by atoms with van der Waals surface area (Å²) >= 11 is 0. The van der Waals surface area contributed by atoms with E-state index >= 15 is 0 Å². The summed E-state index contributed by atoms with van der Waals surface area (Å²) < 4.78 is 4.57. The average Bonchev–Trinajstić information content (AvgIpc) is 2.72. The molecule has 0 aliphatic carbocycles. The Morgan fingerprint density at radius 1 is 1.33 bits per heavy atom. The van der Waals surface area contributed by atoms with Crippen molar-refractivity contribution in [3.05, 3.63) is 18.7 Å². The van der Waals surface area contributed by atoms with E-state index in [0.717, 1.165) is 19.0 Å². The second-order valence-corrected chi connectivity index (χ2v) is 5.32. The van der Waals surface area contributed by atoms with Gasteiger partial charge in [0.05, 0.1) is 6.54 Å². The van der Waals surface area contributed by atoms with Crippen LogP contribution in [-0.4, -0.2) is 17.7 Å². The zero-order valence-electron chi connectivity index (χ0n) is 12.2. The highest BCUT2D eigenvalue weighted by Gasteiger charge is 2.12. The van der Waals surface area contributed by atoms with Gasteiger partial charge in [-0.2, -0.15) is 0 Å². The van der Waals surface area contributed by atoms with E-state index in [-0.39, 0.29) is 12.4 Å². The van der Waals surface area contributed by atoms with E-state index in [2.05, 4.69) is 61.0 Å². The molecule has 1 aromatic rings. The van der Waals surface area contributed by atoms with E-state index in [9.17, 15) is 0 Å². The Labute approximate surface area is 118 Å². The number of rotatable bonds is 8. The van der Waals surface area contributed by atoms with Gasteiger partial charge in [0.25, 0.3) is 0 Å². The molecule has 0 aromatic carbocycles. The molecule has 1 atom stereocenters. The van der Waals surface area contributed by atoms with E-state index in [1.807, 2.05) is 0 Å². The van der Waals surface area contributed by atoms with Crippen LogP contribution < -0.4 is 22.3 Å². The number of aryl methyl sites for hydroxylation is 1. The zero-order valence-corrected chi connectivity index (χ0v) is 13.0. The van der Waals surface area contributed by atoms with Crippen molar-refractivity contribution < 1.29 is 17.0 Å². The number of imidazole rings is 1. The molecular weight excluding hydrogens is 246 g/mol. The third-order valence-corrected chi connectivity index (χ3v) is 3.11. The molecule has 0 radical (unpaired) electrons. The van der Waals surface area contributed by atoms with Gasteiger partial charge >= 0.3 is 0 Å². The van der Waals surface area contributed by atoms with Gasteiger partial charge in [-0.1, -0.05) is 27.2 Å². The summed E-state index contributed by atoms with van der Waals surface area (Å²) in [4.78, 5) is 0. The molecule has 1 aromatic heterocycles. The second-order valence-electron chi connectivity index (χ2n) is 5.32. The largest absolute Gasteiger partial charge is 1.00 e. The van der Waals surface area contributed by atoms with Crippen molar-refractivity contribution in [2.75, 3.05) is 7.05 Å². The van der Waals surface area contributed by atoms with E-state index < -0.39 is 0 Å². The number of likely N-dealkylation sites (N-methyl/N-ethyl adjacent to an activating group) is 1. The molecule has 0 unspecified atom stereocenters. The van der Waals surface area contributed by atoms with Crippen molar-refractivity contribution >= 4 is 0 Å². The minimum Gasteiger partial charge on any atom is -1.00 e. The highest BCUT2D eigenvalue weighted by atomic mass is 35.5. The van der Waals surface area contributed by atoms with Gasteiger partial charge in [0.1, 0.15) is 18.9 Å². The smallest absolute Gasteiger partial charge is 0.243 e. The fraction of sp³-hybridized carbons (Fsp3) is 0.786. The van der Waals surface area contributed by atoms with Crippen molar-refractivity contribution in [1.29, 1.82) is 0 Å². The summed E-state index contributed by atoms with van der Waals surface area (Å²) in [7, 11) is 2.06. The lowest BCUT2D eigenvalue weighted by Crippen LogP contribution is -3.00. The van der Waals surface area contributed by atoms with Crippen molar-refractivity contribution in [1.82, 2.24) is 9.88 Å². The number of hydrogen-bond donors (Lipinski definition) is 1. The quantitative estimate of drug-likeness (QED) is 0.616. The number of nitrogens with one attached hydrogen (secondary N) is 1. The number of hydrogen-bond acceptors (Lipinski definition) is 1. The van der Waals surface area contributed by atoms with Crippen LogP contribution in [0.15, 0.2) is 18.7 Å². The predicted molar refractivity (Wildman–Crippen MR) is 71.8 cm³/mol. The fourth-order valence-electron chi connectivity index (χ4n) is 2.13. The SMILES string of the molecule is CCCCn1cc[n+](C[C@H](CC(C)C)NC)c1.[Cl-]. The van der Waals surface area contributed by atoms with Gasteiger partial charge in [-0.05, 0) is 25.8 Å². The van der Waals surface area contributed by atoms with E-state index in [1.165, 1.54) is 19.3 Å². The van der Waals surface area contributed by atoms with E-state index in [1.54, 1.807) is 0 Å². The molecule has 0 amide bonds. The molecule has 0 saturated carbocycles. The first-order valence-corrected chi connectivity index (χ1v) is 6.87. The minimum absolute atomic E-state index is 0. The topological polar surface area (TPSA) is 20.8 Å². The Balaban J connectivity index is 0.00000289. The van der Waals surface area contributed by atoms with Crippen molar-refractivity contribution in [3.63, 3.8) is 0 Å². The van der Waals surface area contributed by atoms with E-state index in [0.29, 0.717) is 6.04 Å². The maximum absolute atomic E-state index is 3.40. The monoisotopic (exact) mass is 273 g/mol. The number of nitrogens with zero attached hydrogens (tertiary/aromatic N) is 2. The Hall–Kier alpha value is -0.540. The number of unbranched alkanes of at least 4 members (excludes halogenated alkanes) is 1. The molecular formula is C14H28ClN3. The molecule has 106 valence electrons. The van der Waals surface area contributed by atoms with Crippen LogP contribution in [0.3, 0.4) is 0 Å². The number of halogens is 1. The summed E-state index contributed by atoms with van der Waals surface area (Å²) in [5.74, 6) is 0.746. The summed E-state index contributed by atoms with van der Waals surface area (Å²) in [6.07, 6.45) is 10.3. The Morgan fingerprint density at radius 3 is 2.61 bits per heavy atom. The van der Waals surface area contributed by atoms with Crippen molar-refractivity contribution in [2.24, 2.45) is 5.92 Å². The summed E-state index contributed by atoms with van der Waals surface area (Å²) in [6.45, 7) is 8.99. The lowest BCUT2D eigenvalue weighted by molar-refractivity contribution is -0.699. The van der Waals surface area contributed by atoms with Gasteiger partial charge in [-0.25, -0.2) is 9.13 Å². The van der Waals surface area contributed by atoms with Crippen LogP contribution in [0.1, 0.15) is 40.0 Å². The molecule has 0 spiro atoms. The normalized spacial score (nSPS) is 12.5. The van der Waals surface area contributed by atoms with Crippen LogP contribution in [0.2, 0.25) is 0 Å². The maximum Gasteiger partial charge on any atom is 0.243 e. The summed E-state index contributed by atoms with van der Waals surface area (Å²) in [5.41, 5.74) is 0. The first kappa shape index (κ1) is 17.5. The van der Waals surface area contributed by atoms with Crippen LogP contribution in [-0.2, 0) is 13.1 Å². The molecule has 3 nitrogen and oxygen atoms in total. The third-order valence-electron chi connectivity index (χ3n) is 3.11. The molecule has 1 rings (SSSR count). The van der Waals surface area contributed by atoms with Gasteiger partial charge < -0.3 is 17.7 Å². The Bertz CT molecular complexity index is 310. The molecule has 18 heavy (non-hydrogen) atoms. The second kappa shape index (κ2) is 9.40. The van der Waals surface area contributed by atoms with Gasteiger partial charge in [0.2, 0.25) is 6.33 Å². The van der Waals surface area contributed by atoms with Crippen LogP contribution >= 0.6 is 0 Å². The van der Waals surface area contributed by atoms with Crippen molar-refractivity contribution in [2.45, 2.75) is 59.2 Å². The molecule has 0 saturated heterocycles. The predicted octanol–water partition coefficient (Wildman–Crippen LogP) is -0.786. The summed E-state index contributed by atoms with van der Waals surface area (Å²) in [5, 5.41) is 3.40. The first-order chi connectivity index (χ1) is 8.15. The van der Waals surface area contributed by atoms with Gasteiger partial charge in [-0.15, -0.1) is 0 Å². The molecule has 0 aliphatic rings. The molecule has 1 heterocycles. The first-order valence-electron chi connectivity index (χ1n) is 6.87.